The molecule has 2 heterocycles. The number of nitrogens with zero attached hydrogens (tertiary/aromatic N) is 4. The summed E-state index contributed by atoms with van der Waals surface area (Å²) in [6.07, 6.45) is 2.70. The average Bonchev–Trinajstić information content (AvgIpc) is 2.77. The van der Waals surface area contributed by atoms with Gasteiger partial charge in [-0.1, -0.05) is 5.21 Å². The van der Waals surface area contributed by atoms with Crippen molar-refractivity contribution in [3.63, 3.8) is 0 Å². The second kappa shape index (κ2) is 4.71. The number of rotatable bonds is 4. The highest BCUT2D eigenvalue weighted by Crippen LogP contribution is 2.17. The molecule has 86 valence electrons. The molecule has 2 N–H and O–H groups in total. The Hall–Kier alpha value is -1.27. The van der Waals surface area contributed by atoms with Crippen molar-refractivity contribution in [1.82, 2.24) is 20.0 Å². The average molecular weight is 237 g/mol. The lowest BCUT2D eigenvalue weighted by molar-refractivity contribution is 0.646. The van der Waals surface area contributed by atoms with Gasteiger partial charge < -0.3 is 5.73 Å². The summed E-state index contributed by atoms with van der Waals surface area (Å²) in [7, 11) is 0. The van der Waals surface area contributed by atoms with Crippen molar-refractivity contribution in [1.29, 1.82) is 0 Å². The standard InChI is InChI=1S/C10H15N5S/c1-7-8(2)16-10(12-7)6-15-5-9(3-4-11)13-14-15/h5H,3-4,6,11H2,1-2H3. The maximum Gasteiger partial charge on any atom is 0.115 e. The Morgan fingerprint density at radius 1 is 1.44 bits per heavy atom. The Balaban J connectivity index is 2.08. The van der Waals surface area contributed by atoms with Gasteiger partial charge in [0, 0.05) is 17.5 Å². The number of aryl methyl sites for hydroxylation is 2. The van der Waals surface area contributed by atoms with E-state index in [9.17, 15) is 0 Å². The van der Waals surface area contributed by atoms with E-state index < -0.39 is 0 Å². The Morgan fingerprint density at radius 2 is 2.25 bits per heavy atom. The highest BCUT2D eigenvalue weighted by Gasteiger charge is 2.06. The van der Waals surface area contributed by atoms with Gasteiger partial charge in [-0.2, -0.15) is 0 Å². The maximum absolute atomic E-state index is 5.46. The molecule has 0 radical (unpaired) electrons. The Bertz CT molecular complexity index is 454. The molecule has 0 aliphatic rings. The van der Waals surface area contributed by atoms with Crippen LogP contribution in [0, 0.1) is 13.8 Å². The van der Waals surface area contributed by atoms with Crippen LogP contribution < -0.4 is 5.73 Å². The van der Waals surface area contributed by atoms with E-state index in [0.717, 1.165) is 22.8 Å². The Kier molecular flexibility index (Phi) is 3.31. The molecular formula is C10H15N5S. The van der Waals surface area contributed by atoms with E-state index in [2.05, 4.69) is 22.2 Å². The monoisotopic (exact) mass is 237 g/mol. The van der Waals surface area contributed by atoms with Gasteiger partial charge in [0.05, 0.1) is 17.9 Å². The number of hydrogen-bond acceptors (Lipinski definition) is 5. The number of thiazole rings is 1. The first kappa shape index (κ1) is 11.2. The summed E-state index contributed by atoms with van der Waals surface area (Å²) < 4.78 is 1.81. The molecule has 16 heavy (non-hydrogen) atoms. The highest BCUT2D eigenvalue weighted by molar-refractivity contribution is 7.11. The largest absolute Gasteiger partial charge is 0.330 e. The molecule has 0 bridgehead atoms. The van der Waals surface area contributed by atoms with E-state index in [1.54, 1.807) is 11.3 Å². The summed E-state index contributed by atoms with van der Waals surface area (Å²) in [5.74, 6) is 0. The minimum absolute atomic E-state index is 0.605. The van der Waals surface area contributed by atoms with Crippen molar-refractivity contribution in [3.05, 3.63) is 27.5 Å². The van der Waals surface area contributed by atoms with E-state index in [0.29, 0.717) is 13.1 Å². The molecule has 2 rings (SSSR count). The van der Waals surface area contributed by atoms with E-state index in [4.69, 9.17) is 5.73 Å². The summed E-state index contributed by atoms with van der Waals surface area (Å²) in [6, 6.07) is 0. The van der Waals surface area contributed by atoms with Crippen molar-refractivity contribution in [3.8, 4) is 0 Å². The summed E-state index contributed by atoms with van der Waals surface area (Å²) in [4.78, 5) is 5.73. The first-order valence-electron chi connectivity index (χ1n) is 5.21. The van der Waals surface area contributed by atoms with E-state index in [-0.39, 0.29) is 0 Å². The van der Waals surface area contributed by atoms with Gasteiger partial charge in [-0.15, -0.1) is 16.4 Å². The van der Waals surface area contributed by atoms with E-state index in [1.165, 1.54) is 4.88 Å². The van der Waals surface area contributed by atoms with Crippen LogP contribution in [0.15, 0.2) is 6.20 Å². The molecule has 0 amide bonds. The fourth-order valence-electron chi connectivity index (χ4n) is 1.42. The van der Waals surface area contributed by atoms with E-state index >= 15 is 0 Å². The molecule has 0 fully saturated rings. The summed E-state index contributed by atoms with van der Waals surface area (Å²) in [5, 5.41) is 9.16. The van der Waals surface area contributed by atoms with Crippen LogP contribution in [0.5, 0.6) is 0 Å². The third-order valence-electron chi connectivity index (χ3n) is 2.36. The Labute approximate surface area is 98.3 Å². The maximum atomic E-state index is 5.46. The number of aromatic nitrogens is 4. The van der Waals surface area contributed by atoms with Gasteiger partial charge in [0.15, 0.2) is 0 Å². The molecule has 0 unspecified atom stereocenters. The topological polar surface area (TPSA) is 69.6 Å². The highest BCUT2D eigenvalue weighted by atomic mass is 32.1. The zero-order valence-electron chi connectivity index (χ0n) is 9.47. The molecule has 6 heteroatoms. The van der Waals surface area contributed by atoms with Gasteiger partial charge in [0.2, 0.25) is 0 Å². The smallest absolute Gasteiger partial charge is 0.115 e. The fraction of sp³-hybridized carbons (Fsp3) is 0.500. The van der Waals surface area contributed by atoms with Crippen LogP contribution in [0.1, 0.15) is 21.3 Å². The van der Waals surface area contributed by atoms with Gasteiger partial charge in [-0.25, -0.2) is 9.67 Å². The second-order valence-electron chi connectivity index (χ2n) is 3.70. The fourth-order valence-corrected chi connectivity index (χ4v) is 2.35. The minimum atomic E-state index is 0.605. The van der Waals surface area contributed by atoms with Crippen molar-refractivity contribution in [2.45, 2.75) is 26.8 Å². The predicted octanol–water partition coefficient (Wildman–Crippen LogP) is 0.901. The van der Waals surface area contributed by atoms with Crippen LogP contribution in [-0.4, -0.2) is 26.5 Å². The van der Waals surface area contributed by atoms with Gasteiger partial charge in [0.1, 0.15) is 5.01 Å². The zero-order valence-corrected chi connectivity index (χ0v) is 10.3. The quantitative estimate of drug-likeness (QED) is 0.857. The molecule has 0 saturated heterocycles. The molecule has 5 nitrogen and oxygen atoms in total. The zero-order chi connectivity index (χ0) is 11.5. The molecule has 2 aromatic heterocycles. The molecule has 0 saturated carbocycles. The van der Waals surface area contributed by atoms with Crippen LogP contribution >= 0.6 is 11.3 Å². The van der Waals surface area contributed by atoms with Crippen molar-refractivity contribution < 1.29 is 0 Å². The molecule has 0 spiro atoms. The van der Waals surface area contributed by atoms with Crippen LogP contribution in [-0.2, 0) is 13.0 Å². The van der Waals surface area contributed by atoms with Crippen LogP contribution in [0.2, 0.25) is 0 Å². The normalized spacial score (nSPS) is 10.9. The first-order valence-corrected chi connectivity index (χ1v) is 6.02. The molecular weight excluding hydrogens is 222 g/mol. The summed E-state index contributed by atoms with van der Waals surface area (Å²) in [6.45, 7) is 5.40. The third-order valence-corrected chi connectivity index (χ3v) is 3.41. The summed E-state index contributed by atoms with van der Waals surface area (Å²) in [5.41, 5.74) is 7.50. The van der Waals surface area contributed by atoms with Gasteiger partial charge in [-0.05, 0) is 20.4 Å². The minimum Gasteiger partial charge on any atom is -0.330 e. The summed E-state index contributed by atoms with van der Waals surface area (Å²) >= 11 is 1.71. The predicted molar refractivity (Wildman–Crippen MR) is 63.5 cm³/mol. The lowest BCUT2D eigenvalue weighted by Crippen LogP contribution is -2.02. The second-order valence-corrected chi connectivity index (χ2v) is 4.98. The molecule has 0 aliphatic carbocycles. The van der Waals surface area contributed by atoms with Gasteiger partial charge >= 0.3 is 0 Å². The molecule has 0 atom stereocenters. The molecule has 2 aromatic rings. The number of nitrogens with two attached hydrogens (primary N) is 1. The van der Waals surface area contributed by atoms with Gasteiger partial charge in [-0.3, -0.25) is 0 Å². The molecule has 0 aromatic carbocycles. The Morgan fingerprint density at radius 3 is 2.88 bits per heavy atom. The van der Waals surface area contributed by atoms with Crippen molar-refractivity contribution >= 4 is 11.3 Å². The first-order chi connectivity index (χ1) is 7.69. The van der Waals surface area contributed by atoms with Crippen LogP contribution in [0.25, 0.3) is 0 Å². The molecule has 0 aliphatic heterocycles. The van der Waals surface area contributed by atoms with Crippen LogP contribution in [0.4, 0.5) is 0 Å². The SMILES string of the molecule is Cc1nc(Cn2cc(CCN)nn2)sc1C. The van der Waals surface area contributed by atoms with Gasteiger partial charge in [0.25, 0.3) is 0 Å². The lowest BCUT2D eigenvalue weighted by atomic mass is 10.3. The number of hydrogen-bond donors (Lipinski definition) is 1. The lowest BCUT2D eigenvalue weighted by Gasteiger charge is -1.94. The van der Waals surface area contributed by atoms with E-state index in [1.807, 2.05) is 17.8 Å². The van der Waals surface area contributed by atoms with Crippen molar-refractivity contribution in [2.75, 3.05) is 6.54 Å². The van der Waals surface area contributed by atoms with Crippen LogP contribution in [0.3, 0.4) is 0 Å². The van der Waals surface area contributed by atoms with Crippen molar-refractivity contribution in [2.24, 2.45) is 5.73 Å². The third kappa shape index (κ3) is 2.45.